The van der Waals surface area contributed by atoms with Gasteiger partial charge >= 0.3 is 6.61 Å². The number of amides is 1. The van der Waals surface area contributed by atoms with E-state index >= 15 is 0 Å². The van der Waals surface area contributed by atoms with E-state index in [4.69, 9.17) is 5.73 Å². The van der Waals surface area contributed by atoms with Crippen molar-refractivity contribution in [1.29, 1.82) is 0 Å². The number of rotatable bonds is 5. The summed E-state index contributed by atoms with van der Waals surface area (Å²) in [6.45, 7) is -2.67. The first-order valence-corrected chi connectivity index (χ1v) is 6.22. The molecule has 0 fully saturated rings. The summed E-state index contributed by atoms with van der Waals surface area (Å²) in [7, 11) is 0. The lowest BCUT2D eigenvalue weighted by Gasteiger charge is -2.09. The van der Waals surface area contributed by atoms with E-state index in [0.29, 0.717) is 5.69 Å². The number of benzene rings is 2. The fraction of sp³-hybridized carbons (Fsp3) is 0.133. The Bertz CT molecular complexity index is 633. The molecular weight excluding hydrogens is 278 g/mol. The minimum Gasteiger partial charge on any atom is -0.435 e. The van der Waals surface area contributed by atoms with Crippen molar-refractivity contribution in [3.05, 3.63) is 59.7 Å². The maximum absolute atomic E-state index is 12.1. The number of ether oxygens (including phenoxy) is 1. The highest BCUT2D eigenvalue weighted by Gasteiger charge is 2.09. The molecular formula is C15H14F2N2O2. The first kappa shape index (κ1) is 14.8. The summed E-state index contributed by atoms with van der Waals surface area (Å²) in [6, 6.07) is 12.8. The van der Waals surface area contributed by atoms with E-state index in [-0.39, 0.29) is 17.9 Å². The number of nitrogens with two attached hydrogens (primary N) is 1. The molecule has 0 saturated carbocycles. The Labute approximate surface area is 120 Å². The number of halogens is 2. The number of carbonyl (C=O) groups excluding carboxylic acids is 1. The van der Waals surface area contributed by atoms with Crippen LogP contribution in [0.15, 0.2) is 48.5 Å². The van der Waals surface area contributed by atoms with Gasteiger partial charge in [0.15, 0.2) is 0 Å². The van der Waals surface area contributed by atoms with Crippen LogP contribution in [0.2, 0.25) is 0 Å². The van der Waals surface area contributed by atoms with E-state index < -0.39 is 12.5 Å². The highest BCUT2D eigenvalue weighted by atomic mass is 19.3. The second-order valence-corrected chi connectivity index (χ2v) is 4.29. The number of para-hydroxylation sites is 1. The lowest BCUT2D eigenvalue weighted by atomic mass is 10.1. The van der Waals surface area contributed by atoms with Gasteiger partial charge in [-0.3, -0.25) is 4.79 Å². The zero-order valence-electron chi connectivity index (χ0n) is 11.1. The Hall–Kier alpha value is -2.63. The molecule has 4 nitrogen and oxygen atoms in total. The largest absolute Gasteiger partial charge is 0.435 e. The molecule has 1 amide bonds. The standard InChI is InChI=1S/C15H14F2N2O2/c16-15(17)21-12-6-3-5-10(8-12)14(20)19-9-11-4-1-2-7-13(11)18/h1-8,15H,9,18H2,(H,19,20). The third kappa shape index (κ3) is 4.17. The van der Waals surface area contributed by atoms with Crippen molar-refractivity contribution in [3.8, 4) is 5.75 Å². The maximum atomic E-state index is 12.1. The van der Waals surface area contributed by atoms with Crippen molar-refractivity contribution in [3.63, 3.8) is 0 Å². The summed E-state index contributed by atoms with van der Waals surface area (Å²) < 4.78 is 28.5. The Kier molecular flexibility index (Phi) is 4.71. The number of nitrogens with one attached hydrogen (secondary N) is 1. The molecule has 2 aromatic carbocycles. The van der Waals surface area contributed by atoms with E-state index in [2.05, 4.69) is 10.1 Å². The van der Waals surface area contributed by atoms with Crippen LogP contribution in [0, 0.1) is 0 Å². The van der Waals surface area contributed by atoms with Gasteiger partial charge in [-0.2, -0.15) is 8.78 Å². The number of nitrogen functional groups attached to an aromatic ring is 1. The molecule has 21 heavy (non-hydrogen) atoms. The molecule has 3 N–H and O–H groups in total. The van der Waals surface area contributed by atoms with Crippen LogP contribution in [0.1, 0.15) is 15.9 Å². The van der Waals surface area contributed by atoms with Crippen LogP contribution >= 0.6 is 0 Å². The lowest BCUT2D eigenvalue weighted by molar-refractivity contribution is -0.0498. The van der Waals surface area contributed by atoms with Crippen molar-refractivity contribution >= 4 is 11.6 Å². The highest BCUT2D eigenvalue weighted by molar-refractivity contribution is 5.94. The first-order chi connectivity index (χ1) is 10.1. The van der Waals surface area contributed by atoms with Gasteiger partial charge in [0.05, 0.1) is 0 Å². The molecule has 0 aliphatic rings. The number of anilines is 1. The van der Waals surface area contributed by atoms with Gasteiger partial charge in [0.1, 0.15) is 5.75 Å². The molecule has 0 aromatic heterocycles. The molecule has 6 heteroatoms. The molecule has 0 spiro atoms. The van der Waals surface area contributed by atoms with E-state index in [1.54, 1.807) is 18.2 Å². The molecule has 2 aromatic rings. The number of carbonyl (C=O) groups is 1. The number of hydrogen-bond acceptors (Lipinski definition) is 3. The van der Waals surface area contributed by atoms with Gasteiger partial charge in [0.2, 0.25) is 0 Å². The summed E-state index contributed by atoms with van der Waals surface area (Å²) in [6.07, 6.45) is 0. The topological polar surface area (TPSA) is 64.3 Å². The lowest BCUT2D eigenvalue weighted by Crippen LogP contribution is -2.23. The SMILES string of the molecule is Nc1ccccc1CNC(=O)c1cccc(OC(F)F)c1. The van der Waals surface area contributed by atoms with E-state index in [9.17, 15) is 13.6 Å². The van der Waals surface area contributed by atoms with E-state index in [1.165, 1.54) is 24.3 Å². The van der Waals surface area contributed by atoms with Crippen LogP contribution in [-0.2, 0) is 6.54 Å². The van der Waals surface area contributed by atoms with Gasteiger partial charge in [-0.15, -0.1) is 0 Å². The quantitative estimate of drug-likeness (QED) is 0.833. The summed E-state index contributed by atoms with van der Waals surface area (Å²) in [5.41, 5.74) is 7.37. The van der Waals surface area contributed by atoms with Gasteiger partial charge in [0.25, 0.3) is 5.91 Å². The van der Waals surface area contributed by atoms with Crippen LogP contribution in [-0.4, -0.2) is 12.5 Å². The van der Waals surface area contributed by atoms with Crippen molar-refractivity contribution in [2.24, 2.45) is 0 Å². The molecule has 0 aliphatic carbocycles. The van der Waals surface area contributed by atoms with E-state index in [0.717, 1.165) is 5.56 Å². The molecule has 0 saturated heterocycles. The minimum absolute atomic E-state index is 0.0584. The average molecular weight is 292 g/mol. The second-order valence-electron chi connectivity index (χ2n) is 4.29. The molecule has 110 valence electrons. The Balaban J connectivity index is 2.02. The van der Waals surface area contributed by atoms with Gasteiger partial charge in [-0.1, -0.05) is 24.3 Å². The predicted molar refractivity (Wildman–Crippen MR) is 75.1 cm³/mol. The third-order valence-corrected chi connectivity index (χ3v) is 2.82. The minimum atomic E-state index is -2.92. The molecule has 0 radical (unpaired) electrons. The molecule has 0 heterocycles. The summed E-state index contributed by atoms with van der Waals surface area (Å²) in [4.78, 5) is 12.0. The van der Waals surface area contributed by atoms with Crippen LogP contribution < -0.4 is 15.8 Å². The normalized spacial score (nSPS) is 10.4. The summed E-state index contributed by atoms with van der Waals surface area (Å²) in [5.74, 6) is -0.449. The van der Waals surface area contributed by atoms with E-state index in [1.807, 2.05) is 6.07 Å². The fourth-order valence-corrected chi connectivity index (χ4v) is 1.79. The van der Waals surface area contributed by atoms with Crippen LogP contribution in [0.25, 0.3) is 0 Å². The Morgan fingerprint density at radius 2 is 1.95 bits per heavy atom. The average Bonchev–Trinajstić information content (AvgIpc) is 2.45. The Morgan fingerprint density at radius 3 is 2.67 bits per heavy atom. The third-order valence-electron chi connectivity index (χ3n) is 2.82. The molecule has 0 aliphatic heterocycles. The number of alkyl halides is 2. The zero-order valence-corrected chi connectivity index (χ0v) is 11.1. The Morgan fingerprint density at radius 1 is 1.19 bits per heavy atom. The molecule has 2 rings (SSSR count). The fourth-order valence-electron chi connectivity index (χ4n) is 1.79. The summed E-state index contributed by atoms with van der Waals surface area (Å²) in [5, 5.41) is 2.67. The van der Waals surface area contributed by atoms with Crippen LogP contribution in [0.5, 0.6) is 5.75 Å². The van der Waals surface area contributed by atoms with Crippen molar-refractivity contribution in [2.45, 2.75) is 13.2 Å². The maximum Gasteiger partial charge on any atom is 0.387 e. The van der Waals surface area contributed by atoms with Crippen LogP contribution in [0.4, 0.5) is 14.5 Å². The monoisotopic (exact) mass is 292 g/mol. The smallest absolute Gasteiger partial charge is 0.387 e. The molecule has 0 bridgehead atoms. The summed E-state index contributed by atoms with van der Waals surface area (Å²) >= 11 is 0. The van der Waals surface area contributed by atoms with Crippen molar-refractivity contribution in [2.75, 3.05) is 5.73 Å². The van der Waals surface area contributed by atoms with Gasteiger partial charge in [-0.25, -0.2) is 0 Å². The second kappa shape index (κ2) is 6.69. The van der Waals surface area contributed by atoms with Gasteiger partial charge < -0.3 is 15.8 Å². The number of hydrogen-bond donors (Lipinski definition) is 2. The highest BCUT2D eigenvalue weighted by Crippen LogP contribution is 2.16. The van der Waals surface area contributed by atoms with Crippen molar-refractivity contribution in [1.82, 2.24) is 5.32 Å². The van der Waals surface area contributed by atoms with Gasteiger partial charge in [0, 0.05) is 17.8 Å². The predicted octanol–water partition coefficient (Wildman–Crippen LogP) is 2.80. The van der Waals surface area contributed by atoms with Crippen LogP contribution in [0.3, 0.4) is 0 Å². The molecule has 0 unspecified atom stereocenters. The molecule has 0 atom stereocenters. The van der Waals surface area contributed by atoms with Crippen molar-refractivity contribution < 1.29 is 18.3 Å². The first-order valence-electron chi connectivity index (χ1n) is 6.22. The zero-order chi connectivity index (χ0) is 15.2. The van der Waals surface area contributed by atoms with Gasteiger partial charge in [-0.05, 0) is 29.8 Å².